The summed E-state index contributed by atoms with van der Waals surface area (Å²) in [6.45, 7) is 7.97. The Hall–Kier alpha value is -1.92. The van der Waals surface area contributed by atoms with Crippen molar-refractivity contribution < 1.29 is 14.3 Å². The minimum absolute atomic E-state index is 0.131. The van der Waals surface area contributed by atoms with Gasteiger partial charge in [0.25, 0.3) is 0 Å². The van der Waals surface area contributed by atoms with Gasteiger partial charge in [-0.2, -0.15) is 0 Å². The molecule has 0 saturated carbocycles. The molecule has 0 unspecified atom stereocenters. The van der Waals surface area contributed by atoms with Crippen LogP contribution in [0.15, 0.2) is 29.8 Å². The first-order valence-corrected chi connectivity index (χ1v) is 8.69. The molecule has 0 fully saturated rings. The number of amides is 1. The fraction of sp³-hybridized carbons (Fsp3) is 0.444. The highest BCUT2D eigenvalue weighted by Gasteiger charge is 2.18. The Morgan fingerprint density at radius 2 is 1.96 bits per heavy atom. The summed E-state index contributed by atoms with van der Waals surface area (Å²) in [5.41, 5.74) is 4.37. The smallest absolute Gasteiger partial charge is 0.408 e. The molecule has 5 nitrogen and oxygen atoms in total. The second kappa shape index (κ2) is 7.77. The third-order valence-electron chi connectivity index (χ3n) is 3.33. The van der Waals surface area contributed by atoms with E-state index in [4.69, 9.17) is 9.47 Å². The highest BCUT2D eigenvalue weighted by atomic mass is 32.1. The van der Waals surface area contributed by atoms with E-state index in [0.29, 0.717) is 6.61 Å². The maximum Gasteiger partial charge on any atom is 0.408 e. The molecule has 0 saturated heterocycles. The van der Waals surface area contributed by atoms with Gasteiger partial charge in [-0.3, -0.25) is 0 Å². The Morgan fingerprint density at radius 3 is 2.54 bits per heavy atom. The molecule has 1 aromatic heterocycles. The van der Waals surface area contributed by atoms with E-state index in [1.54, 1.807) is 18.4 Å². The Labute approximate surface area is 147 Å². The summed E-state index contributed by atoms with van der Waals surface area (Å²) in [5.74, 6) is 0. The van der Waals surface area contributed by atoms with Crippen LogP contribution in [0.25, 0.3) is 10.4 Å². The van der Waals surface area contributed by atoms with Crippen LogP contribution in [0.4, 0.5) is 4.79 Å². The van der Waals surface area contributed by atoms with Crippen molar-refractivity contribution in [2.45, 2.75) is 45.9 Å². The predicted octanol–water partition coefficient (Wildman–Crippen LogP) is 4.54. The molecule has 0 bridgehead atoms. The third kappa shape index (κ3) is 5.04. The molecule has 130 valence electrons. The van der Waals surface area contributed by atoms with E-state index in [1.807, 2.05) is 57.5 Å². The Bertz CT molecular complexity index is 674. The lowest BCUT2D eigenvalue weighted by Gasteiger charge is -2.22. The van der Waals surface area contributed by atoms with Crippen molar-refractivity contribution >= 4 is 17.4 Å². The molecule has 6 heteroatoms. The predicted molar refractivity (Wildman–Crippen MR) is 96.0 cm³/mol. The zero-order valence-electron chi connectivity index (χ0n) is 14.8. The molecule has 0 aliphatic rings. The number of rotatable bonds is 5. The van der Waals surface area contributed by atoms with Gasteiger partial charge in [-0.15, -0.1) is 11.3 Å². The van der Waals surface area contributed by atoms with Crippen LogP contribution in [0.3, 0.4) is 0 Å². The van der Waals surface area contributed by atoms with Crippen molar-refractivity contribution in [1.29, 1.82) is 0 Å². The number of carbonyl (C=O) groups excluding carboxylic acids is 1. The molecule has 2 rings (SSSR count). The third-order valence-corrected chi connectivity index (χ3v) is 4.25. The molecule has 0 aliphatic heterocycles. The standard InChI is InChI=1S/C18H24N2O3S/c1-12(20-17(21)23-18(2,3)4)13-6-8-14(9-7-13)16-15(10-22-5)19-11-24-16/h6-9,11-12H,10H2,1-5H3,(H,20,21)/t12-/m0/s1. The molecule has 2 aromatic rings. The summed E-state index contributed by atoms with van der Waals surface area (Å²) in [6, 6.07) is 7.96. The SMILES string of the molecule is COCc1ncsc1-c1ccc([C@H](C)NC(=O)OC(C)(C)C)cc1. The normalized spacial score (nSPS) is 12.7. The molecule has 24 heavy (non-hydrogen) atoms. The fourth-order valence-corrected chi connectivity index (χ4v) is 3.04. The molecule has 1 aromatic carbocycles. The number of hydrogen-bond acceptors (Lipinski definition) is 5. The van der Waals surface area contributed by atoms with Crippen molar-refractivity contribution in [2.24, 2.45) is 0 Å². The molecule has 1 atom stereocenters. The number of aromatic nitrogens is 1. The first-order chi connectivity index (χ1) is 11.3. The number of carbonyl (C=O) groups is 1. The molecule has 0 radical (unpaired) electrons. The van der Waals surface area contributed by atoms with Gasteiger partial charge in [0.15, 0.2) is 0 Å². The summed E-state index contributed by atoms with van der Waals surface area (Å²) in [7, 11) is 1.66. The molecular formula is C18H24N2O3S. The van der Waals surface area contributed by atoms with Crippen LogP contribution in [0.5, 0.6) is 0 Å². The number of ether oxygens (including phenoxy) is 2. The summed E-state index contributed by atoms with van der Waals surface area (Å²) in [5, 5.41) is 2.85. The number of nitrogens with zero attached hydrogens (tertiary/aromatic N) is 1. The summed E-state index contributed by atoms with van der Waals surface area (Å²) in [4.78, 5) is 17.3. The minimum atomic E-state index is -0.502. The Kier molecular flexibility index (Phi) is 5.96. The van der Waals surface area contributed by atoms with Crippen LogP contribution in [0.1, 0.15) is 45.0 Å². The van der Waals surface area contributed by atoms with Gasteiger partial charge in [0, 0.05) is 7.11 Å². The van der Waals surface area contributed by atoms with Gasteiger partial charge < -0.3 is 14.8 Å². The van der Waals surface area contributed by atoms with Gasteiger partial charge in [0.1, 0.15) is 5.60 Å². The van der Waals surface area contributed by atoms with Gasteiger partial charge in [0.05, 0.1) is 28.7 Å². The minimum Gasteiger partial charge on any atom is -0.444 e. The number of methoxy groups -OCH3 is 1. The van der Waals surface area contributed by atoms with E-state index < -0.39 is 11.7 Å². The van der Waals surface area contributed by atoms with E-state index in [1.165, 1.54) is 0 Å². The van der Waals surface area contributed by atoms with Crippen LogP contribution < -0.4 is 5.32 Å². The topological polar surface area (TPSA) is 60.5 Å². The van der Waals surface area contributed by atoms with Gasteiger partial charge in [-0.25, -0.2) is 9.78 Å². The van der Waals surface area contributed by atoms with Gasteiger partial charge >= 0.3 is 6.09 Å². The molecular weight excluding hydrogens is 324 g/mol. The highest BCUT2D eigenvalue weighted by Crippen LogP contribution is 2.29. The van der Waals surface area contributed by atoms with E-state index >= 15 is 0 Å². The average molecular weight is 348 g/mol. The molecule has 1 amide bonds. The first-order valence-electron chi connectivity index (χ1n) is 7.81. The summed E-state index contributed by atoms with van der Waals surface area (Å²) in [6.07, 6.45) is -0.413. The van der Waals surface area contributed by atoms with Crippen molar-refractivity contribution in [2.75, 3.05) is 7.11 Å². The van der Waals surface area contributed by atoms with E-state index in [2.05, 4.69) is 10.3 Å². The molecule has 1 heterocycles. The largest absolute Gasteiger partial charge is 0.444 e. The zero-order valence-corrected chi connectivity index (χ0v) is 15.6. The Morgan fingerprint density at radius 1 is 1.29 bits per heavy atom. The van der Waals surface area contributed by atoms with E-state index in [-0.39, 0.29) is 6.04 Å². The second-order valence-electron chi connectivity index (χ2n) is 6.55. The van der Waals surface area contributed by atoms with Gasteiger partial charge in [-0.1, -0.05) is 24.3 Å². The van der Waals surface area contributed by atoms with Gasteiger partial charge in [-0.05, 0) is 38.8 Å². The number of nitrogens with one attached hydrogen (secondary N) is 1. The molecule has 0 aliphatic carbocycles. The monoisotopic (exact) mass is 348 g/mol. The quantitative estimate of drug-likeness (QED) is 0.861. The van der Waals surface area contributed by atoms with E-state index in [0.717, 1.165) is 21.7 Å². The van der Waals surface area contributed by atoms with Crippen LogP contribution >= 0.6 is 11.3 Å². The van der Waals surface area contributed by atoms with Crippen LogP contribution in [-0.2, 0) is 16.1 Å². The van der Waals surface area contributed by atoms with Crippen LogP contribution in [0.2, 0.25) is 0 Å². The number of hydrogen-bond donors (Lipinski definition) is 1. The van der Waals surface area contributed by atoms with E-state index in [9.17, 15) is 4.79 Å². The maximum atomic E-state index is 11.9. The zero-order chi connectivity index (χ0) is 17.7. The van der Waals surface area contributed by atoms with Crippen molar-refractivity contribution in [3.8, 4) is 10.4 Å². The lowest BCUT2D eigenvalue weighted by Crippen LogP contribution is -2.34. The van der Waals surface area contributed by atoms with Crippen molar-refractivity contribution in [3.05, 3.63) is 41.0 Å². The first kappa shape index (κ1) is 18.4. The highest BCUT2D eigenvalue weighted by molar-refractivity contribution is 7.13. The average Bonchev–Trinajstić information content (AvgIpc) is 2.94. The Balaban J connectivity index is 2.06. The fourth-order valence-electron chi connectivity index (χ4n) is 2.23. The second-order valence-corrected chi connectivity index (χ2v) is 7.41. The molecule has 1 N–H and O–H groups in total. The maximum absolute atomic E-state index is 11.9. The van der Waals surface area contributed by atoms with Crippen LogP contribution in [-0.4, -0.2) is 23.8 Å². The number of thiazole rings is 1. The van der Waals surface area contributed by atoms with Crippen LogP contribution in [0, 0.1) is 0 Å². The van der Waals surface area contributed by atoms with Crippen molar-refractivity contribution in [3.63, 3.8) is 0 Å². The lowest BCUT2D eigenvalue weighted by atomic mass is 10.0. The van der Waals surface area contributed by atoms with Crippen molar-refractivity contribution in [1.82, 2.24) is 10.3 Å². The van der Waals surface area contributed by atoms with Gasteiger partial charge in [0.2, 0.25) is 0 Å². The number of benzene rings is 1. The lowest BCUT2D eigenvalue weighted by molar-refractivity contribution is 0.0508. The summed E-state index contributed by atoms with van der Waals surface area (Å²) >= 11 is 1.59. The number of alkyl carbamates (subject to hydrolysis) is 1. The summed E-state index contributed by atoms with van der Waals surface area (Å²) < 4.78 is 10.5. The molecule has 0 spiro atoms.